The number of hydrogen-bond donors (Lipinski definition) is 1. The Balaban J connectivity index is 2.70. The number of amides is 1. The van der Waals surface area contributed by atoms with Crippen molar-refractivity contribution < 1.29 is 9.63 Å². The molecular formula is C7H9ClN2O2S. The van der Waals surface area contributed by atoms with Gasteiger partial charge < -0.3 is 0 Å². The van der Waals surface area contributed by atoms with Gasteiger partial charge in [0, 0.05) is 4.88 Å². The molecule has 72 valence electrons. The molecule has 0 bridgehead atoms. The average molecular weight is 221 g/mol. The molecule has 4 nitrogen and oxygen atoms in total. The number of carbonyl (C=O) groups is 1. The number of carbonyl (C=O) groups excluding carboxylic acids is 1. The van der Waals surface area contributed by atoms with E-state index in [-0.39, 0.29) is 5.91 Å². The smallest absolute Gasteiger partial charge is 0.274 e. The van der Waals surface area contributed by atoms with Gasteiger partial charge in [-0.05, 0) is 13.8 Å². The second-order valence-electron chi connectivity index (χ2n) is 2.24. The molecule has 1 heterocycles. The van der Waals surface area contributed by atoms with Crippen LogP contribution in [0.2, 0.25) is 4.47 Å². The van der Waals surface area contributed by atoms with Gasteiger partial charge >= 0.3 is 0 Å². The van der Waals surface area contributed by atoms with E-state index in [0.29, 0.717) is 16.8 Å². The van der Waals surface area contributed by atoms with Crippen molar-refractivity contribution in [1.82, 2.24) is 10.5 Å². The minimum Gasteiger partial charge on any atom is -0.274 e. The van der Waals surface area contributed by atoms with Crippen molar-refractivity contribution in [2.45, 2.75) is 13.8 Å². The van der Waals surface area contributed by atoms with Crippen molar-refractivity contribution in [3.05, 3.63) is 15.0 Å². The molecule has 0 atom stereocenters. The van der Waals surface area contributed by atoms with E-state index >= 15 is 0 Å². The maximum atomic E-state index is 11.3. The van der Waals surface area contributed by atoms with Gasteiger partial charge in [0.05, 0.1) is 6.61 Å². The van der Waals surface area contributed by atoms with E-state index in [9.17, 15) is 4.79 Å². The summed E-state index contributed by atoms with van der Waals surface area (Å²) >= 11 is 6.90. The van der Waals surface area contributed by atoms with Crippen LogP contribution in [0, 0.1) is 6.92 Å². The molecule has 0 aromatic carbocycles. The van der Waals surface area contributed by atoms with Crippen molar-refractivity contribution in [3.63, 3.8) is 0 Å². The lowest BCUT2D eigenvalue weighted by Gasteiger charge is -2.00. The molecule has 1 rings (SSSR count). The Morgan fingerprint density at radius 2 is 2.46 bits per heavy atom. The van der Waals surface area contributed by atoms with Crippen molar-refractivity contribution in [2.75, 3.05) is 6.61 Å². The summed E-state index contributed by atoms with van der Waals surface area (Å²) in [5.74, 6) is -0.359. The first-order chi connectivity index (χ1) is 6.15. The first-order valence-electron chi connectivity index (χ1n) is 3.70. The maximum absolute atomic E-state index is 11.3. The molecule has 0 spiro atoms. The number of aromatic nitrogens is 1. The van der Waals surface area contributed by atoms with Gasteiger partial charge in [0.1, 0.15) is 5.69 Å². The molecule has 0 aliphatic rings. The van der Waals surface area contributed by atoms with Gasteiger partial charge in [-0.1, -0.05) is 11.6 Å². The van der Waals surface area contributed by atoms with Gasteiger partial charge in [0.2, 0.25) is 0 Å². The predicted molar refractivity (Wildman–Crippen MR) is 51.0 cm³/mol. The Labute approximate surface area is 84.8 Å². The van der Waals surface area contributed by atoms with Crippen LogP contribution in [0.25, 0.3) is 0 Å². The molecule has 0 saturated heterocycles. The third-order valence-corrected chi connectivity index (χ3v) is 2.37. The van der Waals surface area contributed by atoms with E-state index in [1.165, 1.54) is 11.3 Å². The zero-order chi connectivity index (χ0) is 9.84. The van der Waals surface area contributed by atoms with E-state index in [1.807, 2.05) is 0 Å². The third kappa shape index (κ3) is 2.65. The first-order valence-corrected chi connectivity index (χ1v) is 4.89. The Morgan fingerprint density at radius 3 is 2.92 bits per heavy atom. The van der Waals surface area contributed by atoms with Crippen LogP contribution in [0.5, 0.6) is 0 Å². The number of nitrogens with zero attached hydrogens (tertiary/aromatic N) is 1. The summed E-state index contributed by atoms with van der Waals surface area (Å²) in [7, 11) is 0. The summed E-state index contributed by atoms with van der Waals surface area (Å²) < 4.78 is 0.360. The fraction of sp³-hybridized carbons (Fsp3) is 0.429. The molecular weight excluding hydrogens is 212 g/mol. The van der Waals surface area contributed by atoms with Gasteiger partial charge in [-0.2, -0.15) is 0 Å². The molecule has 1 N–H and O–H groups in total. The Morgan fingerprint density at radius 1 is 1.77 bits per heavy atom. The highest BCUT2D eigenvalue weighted by Gasteiger charge is 2.13. The molecule has 1 aromatic heterocycles. The van der Waals surface area contributed by atoms with Crippen LogP contribution >= 0.6 is 22.9 Å². The van der Waals surface area contributed by atoms with Crippen molar-refractivity contribution in [1.29, 1.82) is 0 Å². The normalized spacial score (nSPS) is 10.1. The Bertz CT molecular complexity index is 313. The summed E-state index contributed by atoms with van der Waals surface area (Å²) in [5, 5.41) is 0. The topological polar surface area (TPSA) is 51.2 Å². The molecule has 0 unspecified atom stereocenters. The summed E-state index contributed by atoms with van der Waals surface area (Å²) in [5.41, 5.74) is 2.57. The molecule has 0 saturated carbocycles. The van der Waals surface area contributed by atoms with E-state index in [4.69, 9.17) is 16.4 Å². The first kappa shape index (κ1) is 10.4. The number of hydrogen-bond acceptors (Lipinski definition) is 4. The molecule has 13 heavy (non-hydrogen) atoms. The van der Waals surface area contributed by atoms with Gasteiger partial charge in [-0.25, -0.2) is 10.5 Å². The third-order valence-electron chi connectivity index (χ3n) is 1.29. The fourth-order valence-electron chi connectivity index (χ4n) is 0.761. The standard InChI is InChI=1S/C7H9ClN2O2S/c1-3-12-10-6(11)5-4(2)13-7(8)9-5/h3H2,1-2H3,(H,10,11). The SMILES string of the molecule is CCONC(=O)c1nc(Cl)sc1C. The number of thiazole rings is 1. The van der Waals surface area contributed by atoms with E-state index in [1.54, 1.807) is 13.8 Å². The number of hydroxylamine groups is 1. The summed E-state index contributed by atoms with van der Waals surface area (Å²) in [6, 6.07) is 0. The van der Waals surface area contributed by atoms with Crippen LogP contribution in [0.1, 0.15) is 22.3 Å². The summed E-state index contributed by atoms with van der Waals surface area (Å²) in [6.45, 7) is 3.98. The van der Waals surface area contributed by atoms with Crippen LogP contribution in [0.15, 0.2) is 0 Å². The van der Waals surface area contributed by atoms with Gasteiger partial charge in [0.15, 0.2) is 4.47 Å². The largest absolute Gasteiger partial charge is 0.294 e. The van der Waals surface area contributed by atoms with Crippen LogP contribution < -0.4 is 5.48 Å². The Kier molecular flexibility index (Phi) is 3.65. The second-order valence-corrected chi connectivity index (χ2v) is 4.02. The maximum Gasteiger partial charge on any atom is 0.294 e. The minimum absolute atomic E-state index is 0.323. The molecule has 1 amide bonds. The quantitative estimate of drug-likeness (QED) is 0.791. The molecule has 6 heteroatoms. The highest BCUT2D eigenvalue weighted by Crippen LogP contribution is 2.21. The monoisotopic (exact) mass is 220 g/mol. The number of aryl methyl sites for hydroxylation is 1. The Hall–Kier alpha value is -0.650. The zero-order valence-corrected chi connectivity index (χ0v) is 8.83. The molecule has 0 fully saturated rings. The van der Waals surface area contributed by atoms with Gasteiger partial charge in [-0.15, -0.1) is 11.3 Å². The molecule has 0 aliphatic heterocycles. The zero-order valence-electron chi connectivity index (χ0n) is 7.26. The fourth-order valence-corrected chi connectivity index (χ4v) is 1.82. The summed E-state index contributed by atoms with van der Waals surface area (Å²) in [6.07, 6.45) is 0. The van der Waals surface area contributed by atoms with E-state index in [0.717, 1.165) is 4.88 Å². The van der Waals surface area contributed by atoms with Crippen LogP contribution in [-0.2, 0) is 4.84 Å². The van der Waals surface area contributed by atoms with Gasteiger partial charge in [0.25, 0.3) is 5.91 Å². The highest BCUT2D eigenvalue weighted by molar-refractivity contribution is 7.15. The van der Waals surface area contributed by atoms with Crippen LogP contribution in [-0.4, -0.2) is 17.5 Å². The molecule has 1 aromatic rings. The van der Waals surface area contributed by atoms with Crippen LogP contribution in [0.3, 0.4) is 0 Å². The summed E-state index contributed by atoms with van der Waals surface area (Å²) in [4.78, 5) is 20.7. The van der Waals surface area contributed by atoms with Crippen molar-refractivity contribution >= 4 is 28.8 Å². The lowest BCUT2D eigenvalue weighted by molar-refractivity contribution is 0.0360. The van der Waals surface area contributed by atoms with E-state index < -0.39 is 0 Å². The lowest BCUT2D eigenvalue weighted by Crippen LogP contribution is -2.24. The van der Waals surface area contributed by atoms with Crippen molar-refractivity contribution in [3.8, 4) is 0 Å². The molecule has 0 aliphatic carbocycles. The highest BCUT2D eigenvalue weighted by atomic mass is 35.5. The number of nitrogens with one attached hydrogen (secondary N) is 1. The average Bonchev–Trinajstić information content (AvgIpc) is 2.41. The molecule has 0 radical (unpaired) electrons. The second kappa shape index (κ2) is 4.55. The number of halogens is 1. The van der Waals surface area contributed by atoms with E-state index in [2.05, 4.69) is 10.5 Å². The van der Waals surface area contributed by atoms with Crippen LogP contribution in [0.4, 0.5) is 0 Å². The number of rotatable bonds is 3. The lowest BCUT2D eigenvalue weighted by atomic mass is 10.4. The minimum atomic E-state index is -0.359. The van der Waals surface area contributed by atoms with Crippen molar-refractivity contribution in [2.24, 2.45) is 0 Å². The van der Waals surface area contributed by atoms with Gasteiger partial charge in [-0.3, -0.25) is 9.63 Å². The predicted octanol–water partition coefficient (Wildman–Crippen LogP) is 1.79.